The fourth-order valence-corrected chi connectivity index (χ4v) is 1.51. The number of hydrogen-bond acceptors (Lipinski definition) is 4. The van der Waals surface area contributed by atoms with Gasteiger partial charge in [0.15, 0.2) is 5.58 Å². The van der Waals surface area contributed by atoms with Crippen molar-refractivity contribution in [3.63, 3.8) is 0 Å². The van der Waals surface area contributed by atoms with Crippen LogP contribution in [0.1, 0.15) is 0 Å². The maximum Gasteiger partial charge on any atom is 0.417 e. The summed E-state index contributed by atoms with van der Waals surface area (Å²) < 4.78 is 4.92. The lowest BCUT2D eigenvalue weighted by atomic mass is 10.3. The van der Waals surface area contributed by atoms with Gasteiger partial charge >= 0.3 is 5.76 Å². The highest BCUT2D eigenvalue weighted by molar-refractivity contribution is 5.77. The second kappa shape index (κ2) is 3.78. The minimum Gasteiger partial charge on any atom is -0.408 e. The lowest BCUT2D eigenvalue weighted by molar-refractivity contribution is 0.555. The maximum absolute atomic E-state index is 10.9. The summed E-state index contributed by atoms with van der Waals surface area (Å²) >= 11 is 0. The van der Waals surface area contributed by atoms with Gasteiger partial charge in [-0.25, -0.2) is 4.79 Å². The summed E-state index contributed by atoms with van der Waals surface area (Å²) in [6.07, 6.45) is 0. The van der Waals surface area contributed by atoms with Crippen LogP contribution < -0.4 is 16.0 Å². The van der Waals surface area contributed by atoms with Gasteiger partial charge < -0.3 is 14.6 Å². The van der Waals surface area contributed by atoms with E-state index in [-0.39, 0.29) is 0 Å². The largest absolute Gasteiger partial charge is 0.417 e. The molecule has 2 N–H and O–H groups in total. The predicted molar refractivity (Wildman–Crippen MR) is 59.2 cm³/mol. The number of oxazole rings is 1. The van der Waals surface area contributed by atoms with Crippen molar-refractivity contribution in [1.82, 2.24) is 10.3 Å². The lowest BCUT2D eigenvalue weighted by Crippen LogP contribution is -2.28. The zero-order chi connectivity index (χ0) is 10.8. The van der Waals surface area contributed by atoms with Crippen LogP contribution in [0.3, 0.4) is 0 Å². The summed E-state index contributed by atoms with van der Waals surface area (Å²) in [5.41, 5.74) is 2.33. The third kappa shape index (κ3) is 1.87. The fourth-order valence-electron chi connectivity index (χ4n) is 1.51. The molecule has 15 heavy (non-hydrogen) atoms. The molecule has 0 spiro atoms. The monoisotopic (exact) mass is 207 g/mol. The quantitative estimate of drug-likeness (QED) is 0.728. The van der Waals surface area contributed by atoms with Crippen molar-refractivity contribution in [3.05, 3.63) is 28.7 Å². The summed E-state index contributed by atoms with van der Waals surface area (Å²) in [6, 6.07) is 5.59. The first-order valence-corrected chi connectivity index (χ1v) is 4.69. The van der Waals surface area contributed by atoms with Crippen LogP contribution in [-0.2, 0) is 0 Å². The molecule has 5 heteroatoms. The Kier molecular flexibility index (Phi) is 2.47. The SMILES string of the molecule is CNCN(C)c1ccc2oc(=O)[nH]c2c1. The normalized spacial score (nSPS) is 10.8. The lowest BCUT2D eigenvalue weighted by Gasteiger charge is -2.18. The third-order valence-corrected chi connectivity index (χ3v) is 2.24. The molecule has 0 saturated carbocycles. The Morgan fingerprint density at radius 1 is 1.53 bits per heavy atom. The van der Waals surface area contributed by atoms with E-state index in [2.05, 4.69) is 10.3 Å². The molecule has 0 bridgehead atoms. The zero-order valence-electron chi connectivity index (χ0n) is 8.70. The van der Waals surface area contributed by atoms with Crippen molar-refractivity contribution in [2.45, 2.75) is 0 Å². The first-order valence-electron chi connectivity index (χ1n) is 4.69. The predicted octanol–water partition coefficient (Wildman–Crippen LogP) is 0.734. The Hall–Kier alpha value is -1.75. The number of fused-ring (bicyclic) bond motifs is 1. The highest BCUT2D eigenvalue weighted by atomic mass is 16.4. The summed E-state index contributed by atoms with van der Waals surface area (Å²) in [5, 5.41) is 3.05. The number of hydrogen-bond donors (Lipinski definition) is 2. The number of aromatic amines is 1. The van der Waals surface area contributed by atoms with Crippen LogP contribution in [0.5, 0.6) is 0 Å². The number of nitrogens with zero attached hydrogens (tertiary/aromatic N) is 1. The molecule has 2 rings (SSSR count). The highest BCUT2D eigenvalue weighted by Gasteiger charge is 2.04. The van der Waals surface area contributed by atoms with Crippen molar-refractivity contribution in [2.24, 2.45) is 0 Å². The number of aromatic nitrogens is 1. The van der Waals surface area contributed by atoms with Crippen LogP contribution in [0.4, 0.5) is 5.69 Å². The van der Waals surface area contributed by atoms with Crippen LogP contribution >= 0.6 is 0 Å². The Morgan fingerprint density at radius 3 is 3.07 bits per heavy atom. The number of anilines is 1. The first kappa shape index (κ1) is 9.79. The standard InChI is InChI=1S/C10H13N3O2/c1-11-6-13(2)7-3-4-9-8(5-7)12-10(14)15-9/h3-5,11H,6H2,1-2H3,(H,12,14). The van der Waals surface area contributed by atoms with Gasteiger partial charge in [-0.2, -0.15) is 0 Å². The summed E-state index contributed by atoms with van der Waals surface area (Å²) in [5.74, 6) is -0.418. The minimum absolute atomic E-state index is 0.418. The highest BCUT2D eigenvalue weighted by Crippen LogP contribution is 2.18. The molecule has 0 fully saturated rings. The molecule has 0 radical (unpaired) electrons. The van der Waals surface area contributed by atoms with E-state index in [1.807, 2.05) is 31.1 Å². The van der Waals surface area contributed by atoms with E-state index in [0.717, 1.165) is 17.9 Å². The minimum atomic E-state index is -0.418. The molecule has 0 aliphatic heterocycles. The van der Waals surface area contributed by atoms with Gasteiger partial charge in [-0.05, 0) is 25.2 Å². The van der Waals surface area contributed by atoms with Crippen molar-refractivity contribution >= 4 is 16.8 Å². The second-order valence-corrected chi connectivity index (χ2v) is 3.40. The number of nitrogens with one attached hydrogen (secondary N) is 2. The van der Waals surface area contributed by atoms with Gasteiger partial charge in [0.2, 0.25) is 0 Å². The van der Waals surface area contributed by atoms with E-state index in [0.29, 0.717) is 5.58 Å². The number of benzene rings is 1. The van der Waals surface area contributed by atoms with E-state index in [4.69, 9.17) is 4.42 Å². The summed E-state index contributed by atoms with van der Waals surface area (Å²) in [6.45, 7) is 0.744. The average molecular weight is 207 g/mol. The Bertz CT molecular complexity index is 515. The van der Waals surface area contributed by atoms with Gasteiger partial charge in [0, 0.05) is 12.7 Å². The van der Waals surface area contributed by atoms with Crippen molar-refractivity contribution in [1.29, 1.82) is 0 Å². The maximum atomic E-state index is 10.9. The van der Waals surface area contributed by atoms with Crippen LogP contribution in [0.25, 0.3) is 11.1 Å². The molecule has 2 aromatic rings. The molecule has 5 nitrogen and oxygen atoms in total. The Morgan fingerprint density at radius 2 is 2.33 bits per heavy atom. The molecular formula is C10H13N3O2. The van der Waals surface area contributed by atoms with Crippen molar-refractivity contribution in [3.8, 4) is 0 Å². The number of H-pyrrole nitrogens is 1. The molecule has 0 aliphatic carbocycles. The van der Waals surface area contributed by atoms with E-state index >= 15 is 0 Å². The van der Waals surface area contributed by atoms with Crippen molar-refractivity contribution < 1.29 is 4.42 Å². The molecule has 0 unspecified atom stereocenters. The second-order valence-electron chi connectivity index (χ2n) is 3.40. The van der Waals surface area contributed by atoms with Crippen LogP contribution in [-0.4, -0.2) is 25.7 Å². The molecule has 0 amide bonds. The smallest absolute Gasteiger partial charge is 0.408 e. The van der Waals surface area contributed by atoms with Crippen LogP contribution in [0.15, 0.2) is 27.4 Å². The molecule has 1 aromatic heterocycles. The first-order chi connectivity index (χ1) is 7.20. The molecule has 1 aromatic carbocycles. The Balaban J connectivity index is 2.41. The third-order valence-electron chi connectivity index (χ3n) is 2.24. The molecule has 1 heterocycles. The molecule has 0 atom stereocenters. The van der Waals surface area contributed by atoms with Gasteiger partial charge in [0.05, 0.1) is 12.2 Å². The van der Waals surface area contributed by atoms with Crippen molar-refractivity contribution in [2.75, 3.05) is 25.7 Å². The van der Waals surface area contributed by atoms with Gasteiger partial charge in [-0.3, -0.25) is 4.98 Å². The van der Waals surface area contributed by atoms with Gasteiger partial charge in [0.25, 0.3) is 0 Å². The molecular weight excluding hydrogens is 194 g/mol. The fraction of sp³-hybridized carbons (Fsp3) is 0.300. The topological polar surface area (TPSA) is 61.3 Å². The molecule has 0 aliphatic rings. The summed E-state index contributed by atoms with van der Waals surface area (Å²) in [7, 11) is 3.85. The van der Waals surface area contributed by atoms with Crippen LogP contribution in [0, 0.1) is 0 Å². The van der Waals surface area contributed by atoms with Gasteiger partial charge in [0.1, 0.15) is 0 Å². The van der Waals surface area contributed by atoms with E-state index in [9.17, 15) is 4.79 Å². The average Bonchev–Trinajstić information content (AvgIpc) is 2.57. The van der Waals surface area contributed by atoms with Gasteiger partial charge in [-0.15, -0.1) is 0 Å². The van der Waals surface area contributed by atoms with Gasteiger partial charge in [-0.1, -0.05) is 0 Å². The van der Waals surface area contributed by atoms with Crippen LogP contribution in [0.2, 0.25) is 0 Å². The number of rotatable bonds is 3. The summed E-state index contributed by atoms with van der Waals surface area (Å²) in [4.78, 5) is 15.6. The zero-order valence-corrected chi connectivity index (χ0v) is 8.70. The van der Waals surface area contributed by atoms with E-state index < -0.39 is 5.76 Å². The Labute approximate surface area is 86.7 Å². The van der Waals surface area contributed by atoms with E-state index in [1.165, 1.54) is 0 Å². The molecule has 0 saturated heterocycles. The van der Waals surface area contributed by atoms with E-state index in [1.54, 1.807) is 6.07 Å². The molecule has 80 valence electrons.